The van der Waals surface area contributed by atoms with Gasteiger partial charge in [0, 0.05) is 70.8 Å². The zero-order chi connectivity index (χ0) is 32.8. The molecule has 2 saturated carbocycles. The highest BCUT2D eigenvalue weighted by atomic mass is 16.5. The molecule has 2 amide bonds. The van der Waals surface area contributed by atoms with Crippen molar-refractivity contribution in [2.75, 3.05) is 42.6 Å². The highest BCUT2D eigenvalue weighted by Gasteiger charge is 2.74. The summed E-state index contributed by atoms with van der Waals surface area (Å²) in [6.07, 6.45) is 11.3. The summed E-state index contributed by atoms with van der Waals surface area (Å²) in [5, 5.41) is 10.2. The van der Waals surface area contributed by atoms with Crippen LogP contribution >= 0.6 is 0 Å². The van der Waals surface area contributed by atoms with Crippen LogP contribution in [0.3, 0.4) is 0 Å². The van der Waals surface area contributed by atoms with Crippen molar-refractivity contribution in [3.63, 3.8) is 0 Å². The van der Waals surface area contributed by atoms with Crippen molar-refractivity contribution in [2.45, 2.75) is 79.2 Å². The van der Waals surface area contributed by atoms with Crippen molar-refractivity contribution in [1.82, 2.24) is 9.80 Å². The van der Waals surface area contributed by atoms with Gasteiger partial charge >= 0.3 is 0 Å². The minimum Gasteiger partial charge on any atom is -0.392 e. The molecular formula is C42H42N4O4. The SMILES string of the molecule is O=C1C([C@H]2C[C@@]34c5ccccc5N5C(=O)C[C@@H]6OCC=C7CN2[C@H]3C[C@@H]7[C@@H]6[C@H]54)=C[C@@H]2C3N1c1ccccc1[C@@]31CCN3C/C(=C/CO)[C@@H]2C[C@H]31. The molecule has 1 N–H and O–H groups in total. The van der Waals surface area contributed by atoms with Gasteiger partial charge in [-0.15, -0.1) is 0 Å². The third kappa shape index (κ3) is 2.89. The fraction of sp³-hybridized carbons (Fsp3) is 0.524. The van der Waals surface area contributed by atoms with E-state index in [2.05, 4.69) is 86.4 Å². The van der Waals surface area contributed by atoms with Crippen LogP contribution in [0.2, 0.25) is 0 Å². The first-order valence-corrected chi connectivity index (χ1v) is 19.2. The second-order valence-corrected chi connectivity index (χ2v) is 17.4. The molecule has 254 valence electrons. The van der Waals surface area contributed by atoms with Gasteiger partial charge in [0.25, 0.3) is 5.91 Å². The molecular weight excluding hydrogens is 624 g/mol. The lowest BCUT2D eigenvalue weighted by Crippen LogP contribution is -2.69. The van der Waals surface area contributed by atoms with Crippen LogP contribution in [0.15, 0.2) is 83.5 Å². The largest absolute Gasteiger partial charge is 0.392 e. The summed E-state index contributed by atoms with van der Waals surface area (Å²) < 4.78 is 6.53. The number of para-hydroxylation sites is 2. The van der Waals surface area contributed by atoms with Crippen LogP contribution < -0.4 is 9.80 Å². The molecule has 13 rings (SSSR count). The molecule has 9 aliphatic heterocycles. The van der Waals surface area contributed by atoms with Crippen molar-refractivity contribution >= 4 is 23.2 Å². The average molecular weight is 667 g/mol. The van der Waals surface area contributed by atoms with E-state index in [1.807, 2.05) is 0 Å². The monoisotopic (exact) mass is 666 g/mol. The predicted octanol–water partition coefficient (Wildman–Crippen LogP) is 3.70. The lowest BCUT2D eigenvalue weighted by atomic mass is 9.53. The summed E-state index contributed by atoms with van der Waals surface area (Å²) in [6.45, 7) is 3.45. The Labute approximate surface area is 292 Å². The van der Waals surface area contributed by atoms with Gasteiger partial charge in [-0.2, -0.15) is 0 Å². The highest BCUT2D eigenvalue weighted by Crippen LogP contribution is 2.69. The maximum absolute atomic E-state index is 15.5. The van der Waals surface area contributed by atoms with Crippen molar-refractivity contribution in [3.8, 4) is 0 Å². The zero-order valence-corrected chi connectivity index (χ0v) is 28.2. The molecule has 0 radical (unpaired) electrons. The van der Waals surface area contributed by atoms with E-state index in [9.17, 15) is 9.90 Å². The lowest BCUT2D eigenvalue weighted by Gasteiger charge is -2.59. The molecule has 12 atom stereocenters. The van der Waals surface area contributed by atoms with E-state index in [1.165, 1.54) is 22.3 Å². The average Bonchev–Trinajstić information content (AvgIpc) is 3.83. The van der Waals surface area contributed by atoms with E-state index in [-0.39, 0.29) is 71.4 Å². The second-order valence-electron chi connectivity index (χ2n) is 17.4. The van der Waals surface area contributed by atoms with Gasteiger partial charge in [0.05, 0.1) is 37.8 Å². The highest BCUT2D eigenvalue weighted by molar-refractivity contribution is 6.10. The van der Waals surface area contributed by atoms with Gasteiger partial charge < -0.3 is 19.6 Å². The number of ether oxygens (including phenoxy) is 1. The Hall–Kier alpha value is -3.56. The number of amides is 2. The molecule has 0 aromatic heterocycles. The third-order valence-electron chi connectivity index (χ3n) is 16.3. The number of rotatable bonds is 2. The fourth-order valence-corrected chi connectivity index (χ4v) is 15.0. The molecule has 2 aromatic rings. The number of nitrogens with zero attached hydrogens (tertiary/aromatic N) is 4. The number of hydrogen-bond acceptors (Lipinski definition) is 6. The number of benzene rings is 2. The van der Waals surface area contributed by atoms with Crippen LogP contribution in [0, 0.1) is 23.7 Å². The number of hydrogen-bond donors (Lipinski definition) is 1. The van der Waals surface area contributed by atoms with Crippen molar-refractivity contribution < 1.29 is 19.4 Å². The first-order chi connectivity index (χ1) is 24.5. The molecule has 1 unspecified atom stereocenters. The van der Waals surface area contributed by atoms with Crippen molar-refractivity contribution in [2.24, 2.45) is 23.7 Å². The molecule has 11 aliphatic rings. The molecule has 7 fully saturated rings. The molecule has 8 heteroatoms. The first kappa shape index (κ1) is 28.1. The van der Waals surface area contributed by atoms with Gasteiger partial charge in [-0.1, -0.05) is 65.8 Å². The summed E-state index contributed by atoms with van der Waals surface area (Å²) in [5.41, 5.74) is 8.39. The Morgan fingerprint density at radius 1 is 0.900 bits per heavy atom. The Morgan fingerprint density at radius 3 is 2.52 bits per heavy atom. The molecule has 5 saturated heterocycles. The number of piperidine rings is 3. The maximum atomic E-state index is 15.5. The van der Waals surface area contributed by atoms with Gasteiger partial charge in [-0.3, -0.25) is 19.4 Å². The Morgan fingerprint density at radius 2 is 1.68 bits per heavy atom. The third-order valence-corrected chi connectivity index (χ3v) is 16.3. The minimum absolute atomic E-state index is 0.0317. The minimum atomic E-state index is -0.242. The van der Waals surface area contributed by atoms with Gasteiger partial charge in [0.1, 0.15) is 0 Å². The van der Waals surface area contributed by atoms with Crippen LogP contribution in [0.5, 0.6) is 0 Å². The second kappa shape index (κ2) is 9.08. The van der Waals surface area contributed by atoms with Crippen LogP contribution in [0.4, 0.5) is 11.4 Å². The fourth-order valence-electron chi connectivity index (χ4n) is 15.0. The number of carbonyl (C=O) groups excluding carboxylic acids is 2. The van der Waals surface area contributed by atoms with E-state index in [0.29, 0.717) is 30.9 Å². The van der Waals surface area contributed by atoms with E-state index in [4.69, 9.17) is 4.74 Å². The number of fused-ring (bicyclic) bond motifs is 6. The molecule has 2 spiro atoms. The number of carbonyl (C=O) groups is 2. The topological polar surface area (TPSA) is 76.6 Å². The van der Waals surface area contributed by atoms with Crippen molar-refractivity contribution in [3.05, 3.63) is 94.6 Å². The van der Waals surface area contributed by atoms with E-state index in [0.717, 1.165) is 62.3 Å². The van der Waals surface area contributed by atoms with Crippen molar-refractivity contribution in [1.29, 1.82) is 0 Å². The summed E-state index contributed by atoms with van der Waals surface area (Å²) >= 11 is 0. The van der Waals surface area contributed by atoms with Gasteiger partial charge in [-0.25, -0.2) is 0 Å². The standard InChI is InChI=1S/C42H42N4O4/c47-13-9-22-20-43-12-11-41-28-5-1-4-8-31(28)46-38(41)26(24(22)16-34(41)43)15-27(40(46)49)32-19-42-29-6-2-3-7-30(29)45-36(48)18-33-37(39(42)45)25-17-35(42)44(32)21-23(25)10-14-50-33/h1-10,15,24-26,32-35,37-39,47H,11-14,16-21H2/b22-9-/t24-,25-,26-,32+,33-,34-,35-,37-,38?,39-,41+,42+/m0/s1. The number of aliphatic hydroxyl groups is 1. The quantitative estimate of drug-likeness (QED) is 0.493. The Balaban J connectivity index is 1.02. The summed E-state index contributed by atoms with van der Waals surface area (Å²) in [6, 6.07) is 18.4. The first-order valence-electron chi connectivity index (χ1n) is 19.2. The predicted molar refractivity (Wildman–Crippen MR) is 187 cm³/mol. The van der Waals surface area contributed by atoms with Crippen LogP contribution in [0.25, 0.3) is 0 Å². The van der Waals surface area contributed by atoms with E-state index in [1.54, 1.807) is 0 Å². The molecule has 8 nitrogen and oxygen atoms in total. The smallest absolute Gasteiger partial charge is 0.255 e. The summed E-state index contributed by atoms with van der Waals surface area (Å²) in [4.78, 5) is 39.5. The molecule has 9 heterocycles. The molecule has 50 heavy (non-hydrogen) atoms. The van der Waals surface area contributed by atoms with Crippen LogP contribution in [-0.2, 0) is 25.2 Å². The van der Waals surface area contributed by atoms with E-state index < -0.39 is 0 Å². The lowest BCUT2D eigenvalue weighted by molar-refractivity contribution is -0.132. The molecule has 4 bridgehead atoms. The van der Waals surface area contributed by atoms with E-state index >= 15 is 4.79 Å². The summed E-state index contributed by atoms with van der Waals surface area (Å²) in [5.74, 6) is 1.58. The van der Waals surface area contributed by atoms with Gasteiger partial charge in [-0.05, 0) is 67.3 Å². The van der Waals surface area contributed by atoms with Crippen LogP contribution in [-0.4, -0.2) is 95.9 Å². The Bertz CT molecular complexity index is 2060. The number of aliphatic hydroxyl groups excluding tert-OH is 1. The van der Waals surface area contributed by atoms with Gasteiger partial charge in [0.15, 0.2) is 0 Å². The normalized spacial score (nSPS) is 46.1. The van der Waals surface area contributed by atoms with Crippen LogP contribution in [0.1, 0.15) is 43.2 Å². The maximum Gasteiger partial charge on any atom is 0.255 e. The molecule has 2 aliphatic carbocycles. The Kier molecular flexibility index (Phi) is 5.10. The number of anilines is 2. The summed E-state index contributed by atoms with van der Waals surface area (Å²) in [7, 11) is 0. The van der Waals surface area contributed by atoms with Gasteiger partial charge in [0.2, 0.25) is 5.91 Å². The zero-order valence-electron chi connectivity index (χ0n) is 28.2. The molecule has 2 aromatic carbocycles.